The van der Waals surface area contributed by atoms with Crippen LogP contribution in [0.3, 0.4) is 0 Å². The summed E-state index contributed by atoms with van der Waals surface area (Å²) in [5, 5.41) is 36.6. The van der Waals surface area contributed by atoms with Gasteiger partial charge in [0.05, 0.1) is 38.1 Å². The number of aliphatic hydroxyl groups is 3. The van der Waals surface area contributed by atoms with Crippen molar-refractivity contribution in [2.75, 3.05) is 46.2 Å². The van der Waals surface area contributed by atoms with Crippen molar-refractivity contribution >= 4 is 22.4 Å². The van der Waals surface area contributed by atoms with Gasteiger partial charge in [0.2, 0.25) is 11.7 Å². The van der Waals surface area contributed by atoms with Crippen LogP contribution in [-0.2, 0) is 19.1 Å². The van der Waals surface area contributed by atoms with Gasteiger partial charge in [-0.1, -0.05) is 60.5 Å². The second-order valence-electron chi connectivity index (χ2n) is 17.7. The molecule has 0 aromatic heterocycles. The lowest BCUT2D eigenvalue weighted by molar-refractivity contribution is -0.258. The van der Waals surface area contributed by atoms with Crippen LogP contribution >= 0.6 is 0 Å². The minimum atomic E-state index is -1.36. The van der Waals surface area contributed by atoms with Gasteiger partial charge in [0.15, 0.2) is 0 Å². The van der Waals surface area contributed by atoms with Crippen molar-refractivity contribution in [2.45, 2.75) is 102 Å². The maximum absolute atomic E-state index is 14.6. The van der Waals surface area contributed by atoms with Crippen molar-refractivity contribution < 1.29 is 43.9 Å². The SMILES string of the molecule is C=CCOC12Oc3ccc(Oc4ccc5ccccc5c4)cc3C3C(CCCCO)C(CCCCO)C=C(C(=NOC(C)(C)C)CC1N(CCOCCO)C(=O)C1CC1)C32. The molecular weight excluding hydrogens is 761 g/mol. The fourth-order valence-electron chi connectivity index (χ4n) is 9.58. The quantitative estimate of drug-likeness (QED) is 0.0550. The summed E-state index contributed by atoms with van der Waals surface area (Å²) in [5.41, 5.74) is 2.15. The zero-order valence-electron chi connectivity index (χ0n) is 35.6. The number of oxime groups is 1. The predicted molar refractivity (Wildman–Crippen MR) is 232 cm³/mol. The number of rotatable bonds is 21. The van der Waals surface area contributed by atoms with Crippen LogP contribution in [-0.4, -0.2) is 95.5 Å². The molecule has 2 saturated carbocycles. The normalized spacial score (nSPS) is 25.2. The number of unbranched alkanes of at least 4 members (excludes halogenated alkanes) is 2. The highest BCUT2D eigenvalue weighted by atomic mass is 16.7. The van der Waals surface area contributed by atoms with Crippen LogP contribution in [0.25, 0.3) is 10.8 Å². The van der Waals surface area contributed by atoms with Crippen LogP contribution in [0.1, 0.15) is 90.0 Å². The summed E-state index contributed by atoms with van der Waals surface area (Å²) in [6.45, 7) is 10.9. The van der Waals surface area contributed by atoms with Crippen LogP contribution in [0.15, 0.2) is 90.1 Å². The van der Waals surface area contributed by atoms with Crippen molar-refractivity contribution in [3.63, 3.8) is 0 Å². The van der Waals surface area contributed by atoms with Crippen LogP contribution in [0.5, 0.6) is 17.2 Å². The largest absolute Gasteiger partial charge is 0.459 e. The first-order valence-corrected chi connectivity index (χ1v) is 22.0. The summed E-state index contributed by atoms with van der Waals surface area (Å²) in [4.78, 5) is 22.7. The Morgan fingerprint density at radius 3 is 2.38 bits per heavy atom. The number of carbonyl (C=O) groups is 1. The lowest BCUT2D eigenvalue weighted by Crippen LogP contribution is -2.70. The van der Waals surface area contributed by atoms with Crippen molar-refractivity contribution in [3.05, 3.63) is 90.5 Å². The number of carbonyl (C=O) groups excluding carboxylic acids is 1. The molecule has 0 saturated heterocycles. The molecule has 3 aromatic rings. The van der Waals surface area contributed by atoms with Crippen molar-refractivity contribution in [3.8, 4) is 17.2 Å². The molecule has 2 fully saturated rings. The van der Waals surface area contributed by atoms with Gasteiger partial charge in [-0.25, -0.2) is 0 Å². The highest BCUT2D eigenvalue weighted by Gasteiger charge is 2.66. The molecule has 3 aromatic carbocycles. The van der Waals surface area contributed by atoms with Crippen LogP contribution in [0, 0.1) is 23.7 Å². The fourth-order valence-corrected chi connectivity index (χ4v) is 9.58. The molecule has 0 spiro atoms. The van der Waals surface area contributed by atoms with E-state index in [-0.39, 0.29) is 75.8 Å². The zero-order valence-corrected chi connectivity index (χ0v) is 35.6. The number of ether oxygens (including phenoxy) is 4. The molecule has 1 aliphatic heterocycles. The predicted octanol–water partition coefficient (Wildman–Crippen LogP) is 8.31. The topological polar surface area (TPSA) is 140 Å². The number of benzene rings is 3. The number of nitrogens with zero attached hydrogens (tertiary/aromatic N) is 2. The molecule has 0 bridgehead atoms. The summed E-state index contributed by atoms with van der Waals surface area (Å²) in [5.74, 6) is 0.224. The van der Waals surface area contributed by atoms with E-state index in [0.717, 1.165) is 71.9 Å². The molecule has 7 rings (SSSR count). The number of allylic oxidation sites excluding steroid dienone is 1. The lowest BCUT2D eigenvalue weighted by Gasteiger charge is -2.60. The Kier molecular flexibility index (Phi) is 14.3. The molecule has 11 heteroatoms. The monoisotopic (exact) mass is 824 g/mol. The van der Waals surface area contributed by atoms with Crippen LogP contribution < -0.4 is 9.47 Å². The summed E-state index contributed by atoms with van der Waals surface area (Å²) in [6, 6.07) is 19.7. The van der Waals surface area contributed by atoms with Crippen LogP contribution in [0.4, 0.5) is 0 Å². The van der Waals surface area contributed by atoms with E-state index in [2.05, 4.69) is 43.0 Å². The van der Waals surface area contributed by atoms with Gasteiger partial charge in [0, 0.05) is 43.6 Å². The Morgan fingerprint density at radius 2 is 1.67 bits per heavy atom. The van der Waals surface area contributed by atoms with E-state index in [4.69, 9.17) is 28.9 Å². The number of fused-ring (bicyclic) bond motifs is 3. The van der Waals surface area contributed by atoms with Gasteiger partial charge in [-0.05, 0) is 118 Å². The van der Waals surface area contributed by atoms with E-state index in [1.807, 2.05) is 56.0 Å². The zero-order chi connectivity index (χ0) is 42.3. The Hall–Kier alpha value is -4.26. The molecule has 11 nitrogen and oxygen atoms in total. The van der Waals surface area contributed by atoms with E-state index in [0.29, 0.717) is 30.8 Å². The molecule has 60 heavy (non-hydrogen) atoms. The standard InChI is InChI=1S/C49H64N2O9/c1-5-26-57-49-44(51(22-27-56-28-25-54)47(55)34-16-17-34)32-42(50-60-48(2,3)4)40-30-36(14-8-10-23-52)39(15-9-11-24-53)45(46(40)49)41-31-38(20-21-43(41)59-49)58-37-19-18-33-12-6-7-13-35(33)29-37/h5-7,12-13,18-21,29-31,34,36,39,44-46,52-54H,1,8-11,14-17,22-28,32H2,2-4H3. The third-order valence-corrected chi connectivity index (χ3v) is 12.3. The van der Waals surface area contributed by atoms with Gasteiger partial charge in [-0.15, -0.1) is 6.58 Å². The third-order valence-electron chi connectivity index (χ3n) is 12.3. The van der Waals surface area contributed by atoms with Gasteiger partial charge in [0.25, 0.3) is 0 Å². The maximum atomic E-state index is 14.6. The van der Waals surface area contributed by atoms with Gasteiger partial charge < -0.3 is 44.0 Å². The summed E-state index contributed by atoms with van der Waals surface area (Å²) in [7, 11) is 0. The highest BCUT2D eigenvalue weighted by molar-refractivity contribution is 6.03. The van der Waals surface area contributed by atoms with Gasteiger partial charge in [0.1, 0.15) is 28.9 Å². The van der Waals surface area contributed by atoms with E-state index in [1.165, 1.54) is 0 Å². The smallest absolute Gasteiger partial charge is 0.239 e. The van der Waals surface area contributed by atoms with Crippen LogP contribution in [0.2, 0.25) is 0 Å². The third kappa shape index (κ3) is 9.76. The van der Waals surface area contributed by atoms with Gasteiger partial charge in [-0.3, -0.25) is 4.79 Å². The Bertz CT molecular complexity index is 2000. The van der Waals surface area contributed by atoms with E-state index < -0.39 is 23.3 Å². The summed E-state index contributed by atoms with van der Waals surface area (Å²) < 4.78 is 26.9. The van der Waals surface area contributed by atoms with Gasteiger partial charge >= 0.3 is 0 Å². The number of aliphatic hydroxyl groups excluding tert-OH is 3. The second-order valence-corrected chi connectivity index (χ2v) is 17.7. The molecule has 3 aliphatic carbocycles. The minimum Gasteiger partial charge on any atom is -0.459 e. The minimum absolute atomic E-state index is 0.0277. The number of hydrogen-bond donors (Lipinski definition) is 3. The van der Waals surface area contributed by atoms with E-state index in [9.17, 15) is 20.1 Å². The first-order valence-electron chi connectivity index (χ1n) is 22.0. The van der Waals surface area contributed by atoms with E-state index in [1.54, 1.807) is 6.08 Å². The van der Waals surface area contributed by atoms with Crippen molar-refractivity contribution in [2.24, 2.45) is 28.8 Å². The summed E-state index contributed by atoms with van der Waals surface area (Å²) in [6.07, 6.45) is 10.8. The number of amides is 1. The molecule has 3 N–H and O–H groups in total. The Labute approximate surface area is 355 Å². The first-order chi connectivity index (χ1) is 29.1. The Morgan fingerprint density at radius 1 is 0.933 bits per heavy atom. The maximum Gasteiger partial charge on any atom is 0.239 e. The van der Waals surface area contributed by atoms with E-state index >= 15 is 0 Å². The molecule has 1 amide bonds. The fraction of sp³-hybridized carbons (Fsp3) is 0.551. The molecule has 6 unspecified atom stereocenters. The molecule has 1 heterocycles. The first kappa shape index (κ1) is 43.8. The molecule has 6 atom stereocenters. The average Bonchev–Trinajstić information content (AvgIpc) is 4.09. The molecule has 4 aliphatic rings. The molecule has 0 radical (unpaired) electrons. The number of hydrogen-bond acceptors (Lipinski definition) is 10. The highest BCUT2D eigenvalue weighted by Crippen LogP contribution is 2.62. The molecule has 324 valence electrons. The Balaban J connectivity index is 1.43. The van der Waals surface area contributed by atoms with Crippen molar-refractivity contribution in [1.82, 2.24) is 4.90 Å². The molecular formula is C49H64N2O9. The average molecular weight is 825 g/mol. The van der Waals surface area contributed by atoms with Crippen molar-refractivity contribution in [1.29, 1.82) is 0 Å². The lowest BCUT2D eigenvalue weighted by atomic mass is 9.55. The van der Waals surface area contributed by atoms with Gasteiger partial charge in [-0.2, -0.15) is 0 Å². The summed E-state index contributed by atoms with van der Waals surface area (Å²) >= 11 is 0. The second kappa shape index (κ2) is 19.6.